The third-order valence-corrected chi connectivity index (χ3v) is 4.54. The molecule has 2 N–H and O–H groups in total. The quantitative estimate of drug-likeness (QED) is 0.428. The van der Waals surface area contributed by atoms with Gasteiger partial charge in [-0.25, -0.2) is 4.79 Å². The van der Waals surface area contributed by atoms with Crippen LogP contribution >= 0.6 is 0 Å². The van der Waals surface area contributed by atoms with Crippen molar-refractivity contribution in [3.63, 3.8) is 0 Å². The predicted octanol–water partition coefficient (Wildman–Crippen LogP) is 4.38. The van der Waals surface area contributed by atoms with E-state index in [1.165, 1.54) is 26.0 Å². The normalized spacial score (nSPS) is 11.2. The van der Waals surface area contributed by atoms with Crippen LogP contribution in [0, 0.1) is 0 Å². The third-order valence-electron chi connectivity index (χ3n) is 4.54. The minimum atomic E-state index is -1.21. The van der Waals surface area contributed by atoms with E-state index in [0.717, 1.165) is 0 Å². The molecule has 7 heteroatoms. The number of carbonyl (C=O) groups is 4. The topological polar surface area (TPSA) is 102 Å². The van der Waals surface area contributed by atoms with Crippen molar-refractivity contribution in [3.05, 3.63) is 95.6 Å². The minimum absolute atomic E-state index is 0.130. The highest BCUT2D eigenvalue weighted by Crippen LogP contribution is 2.23. The summed E-state index contributed by atoms with van der Waals surface area (Å²) in [5.74, 6) is -1.61. The molecule has 162 valence electrons. The number of Topliss-reactive ketones (excluding diaryl/α,β-unsaturated/α-hetero) is 1. The lowest BCUT2D eigenvalue weighted by atomic mass is 10.1. The van der Waals surface area contributed by atoms with E-state index in [0.29, 0.717) is 22.5 Å². The van der Waals surface area contributed by atoms with Crippen molar-refractivity contribution in [2.75, 3.05) is 10.6 Å². The zero-order valence-corrected chi connectivity index (χ0v) is 17.6. The van der Waals surface area contributed by atoms with Crippen LogP contribution in [0.15, 0.2) is 78.9 Å². The van der Waals surface area contributed by atoms with Crippen molar-refractivity contribution in [1.29, 1.82) is 0 Å². The number of anilines is 2. The van der Waals surface area contributed by atoms with Gasteiger partial charge in [-0.3, -0.25) is 14.4 Å². The highest BCUT2D eigenvalue weighted by molar-refractivity contribution is 6.00. The third kappa shape index (κ3) is 5.89. The average molecular weight is 430 g/mol. The maximum Gasteiger partial charge on any atom is 0.339 e. The van der Waals surface area contributed by atoms with Gasteiger partial charge in [0.2, 0.25) is 12.0 Å². The lowest BCUT2D eigenvalue weighted by Crippen LogP contribution is -2.26. The smallest absolute Gasteiger partial charge is 0.339 e. The zero-order chi connectivity index (χ0) is 23.1. The summed E-state index contributed by atoms with van der Waals surface area (Å²) >= 11 is 0. The number of benzene rings is 3. The van der Waals surface area contributed by atoms with Crippen LogP contribution in [0.4, 0.5) is 11.4 Å². The Hall–Kier alpha value is -4.26. The van der Waals surface area contributed by atoms with Crippen molar-refractivity contribution >= 4 is 34.9 Å². The van der Waals surface area contributed by atoms with Gasteiger partial charge in [0.15, 0.2) is 5.78 Å². The molecule has 0 aliphatic carbocycles. The van der Waals surface area contributed by atoms with E-state index in [4.69, 9.17) is 4.74 Å². The number of hydrogen-bond acceptors (Lipinski definition) is 5. The number of ketones is 1. The highest BCUT2D eigenvalue weighted by Gasteiger charge is 2.26. The fourth-order valence-corrected chi connectivity index (χ4v) is 2.99. The molecule has 0 saturated carbocycles. The van der Waals surface area contributed by atoms with Crippen molar-refractivity contribution < 1.29 is 23.9 Å². The molecule has 7 nitrogen and oxygen atoms in total. The molecule has 0 saturated heterocycles. The molecule has 2 amide bonds. The second-order valence-corrected chi connectivity index (χ2v) is 7.08. The summed E-state index contributed by atoms with van der Waals surface area (Å²) < 4.78 is 5.55. The SMILES string of the molecule is CC(=O)Nc1ccc(C(=O)O[C@@H](C(=O)Nc2cccc(C(C)=O)c2)c2ccccc2)cc1. The lowest BCUT2D eigenvalue weighted by Gasteiger charge is -2.18. The fourth-order valence-electron chi connectivity index (χ4n) is 2.99. The molecule has 0 unspecified atom stereocenters. The first kappa shape index (κ1) is 22.4. The first-order chi connectivity index (χ1) is 15.3. The molecule has 3 aromatic rings. The van der Waals surface area contributed by atoms with E-state index in [1.807, 2.05) is 0 Å². The second kappa shape index (κ2) is 10.2. The summed E-state index contributed by atoms with van der Waals surface area (Å²) in [4.78, 5) is 48.5. The number of rotatable bonds is 7. The summed E-state index contributed by atoms with van der Waals surface area (Å²) in [5, 5.41) is 5.32. The molecule has 0 fully saturated rings. The van der Waals surface area contributed by atoms with Gasteiger partial charge in [-0.1, -0.05) is 42.5 Å². The number of amides is 2. The first-order valence-corrected chi connectivity index (χ1v) is 9.89. The van der Waals surface area contributed by atoms with Crippen LogP contribution in [0.2, 0.25) is 0 Å². The summed E-state index contributed by atoms with van der Waals surface area (Å²) in [5.41, 5.74) is 2.13. The van der Waals surface area contributed by atoms with Crippen molar-refractivity contribution in [3.8, 4) is 0 Å². The van der Waals surface area contributed by atoms with Crippen molar-refractivity contribution in [2.45, 2.75) is 20.0 Å². The molecular formula is C25H22N2O5. The molecule has 0 aromatic heterocycles. The van der Waals surface area contributed by atoms with Gasteiger partial charge >= 0.3 is 5.97 Å². The number of nitrogens with one attached hydrogen (secondary N) is 2. The summed E-state index contributed by atoms with van der Waals surface area (Å²) in [6, 6.07) is 21.3. The molecule has 1 atom stereocenters. The summed E-state index contributed by atoms with van der Waals surface area (Å²) in [6.07, 6.45) is -1.21. The Bertz CT molecular complexity index is 1140. The monoisotopic (exact) mass is 430 g/mol. The van der Waals surface area contributed by atoms with E-state index in [-0.39, 0.29) is 17.3 Å². The van der Waals surface area contributed by atoms with Gasteiger partial charge in [0.1, 0.15) is 0 Å². The molecule has 0 heterocycles. The van der Waals surface area contributed by atoms with E-state index in [9.17, 15) is 19.2 Å². The number of ether oxygens (including phenoxy) is 1. The molecule has 3 rings (SSSR count). The number of hydrogen-bond donors (Lipinski definition) is 2. The average Bonchev–Trinajstić information content (AvgIpc) is 2.78. The van der Waals surface area contributed by atoms with Gasteiger partial charge in [-0.2, -0.15) is 0 Å². The lowest BCUT2D eigenvalue weighted by molar-refractivity contribution is -0.125. The Morgan fingerprint density at radius 3 is 2.03 bits per heavy atom. The Morgan fingerprint density at radius 2 is 1.41 bits per heavy atom. The van der Waals surface area contributed by atoms with Crippen LogP contribution in [-0.2, 0) is 14.3 Å². The standard InChI is InChI=1S/C25H22N2O5/c1-16(28)20-9-6-10-22(15-20)27-24(30)23(18-7-4-3-5-8-18)32-25(31)19-11-13-21(14-12-19)26-17(2)29/h3-15,23H,1-2H3,(H,26,29)(H,27,30)/t23-/m1/s1. The molecule has 0 aliphatic heterocycles. The van der Waals surface area contributed by atoms with Crippen LogP contribution in [-0.4, -0.2) is 23.6 Å². The van der Waals surface area contributed by atoms with Crippen LogP contribution in [0.25, 0.3) is 0 Å². The Morgan fingerprint density at radius 1 is 0.719 bits per heavy atom. The maximum atomic E-state index is 13.0. The van der Waals surface area contributed by atoms with Crippen LogP contribution in [0.1, 0.15) is 46.2 Å². The predicted molar refractivity (Wildman–Crippen MR) is 120 cm³/mol. The molecule has 0 aliphatic rings. The van der Waals surface area contributed by atoms with E-state index >= 15 is 0 Å². The van der Waals surface area contributed by atoms with Crippen molar-refractivity contribution in [2.24, 2.45) is 0 Å². The van der Waals surface area contributed by atoms with E-state index in [2.05, 4.69) is 10.6 Å². The second-order valence-electron chi connectivity index (χ2n) is 7.08. The highest BCUT2D eigenvalue weighted by atomic mass is 16.5. The van der Waals surface area contributed by atoms with E-state index < -0.39 is 18.0 Å². The Balaban J connectivity index is 1.81. The van der Waals surface area contributed by atoms with Crippen LogP contribution < -0.4 is 10.6 Å². The van der Waals surface area contributed by atoms with Gasteiger partial charge in [0.05, 0.1) is 5.56 Å². The minimum Gasteiger partial charge on any atom is -0.444 e. The number of esters is 1. The van der Waals surface area contributed by atoms with Gasteiger partial charge < -0.3 is 15.4 Å². The molecule has 0 radical (unpaired) electrons. The Kier molecular flexibility index (Phi) is 7.13. The Labute approximate surface area is 185 Å². The van der Waals surface area contributed by atoms with Crippen molar-refractivity contribution in [1.82, 2.24) is 0 Å². The van der Waals surface area contributed by atoms with Crippen LogP contribution in [0.3, 0.4) is 0 Å². The molecule has 0 spiro atoms. The summed E-state index contributed by atoms with van der Waals surface area (Å²) in [7, 11) is 0. The maximum absolute atomic E-state index is 13.0. The van der Waals surface area contributed by atoms with Gasteiger partial charge in [0, 0.05) is 29.4 Å². The number of carbonyl (C=O) groups excluding carboxylic acids is 4. The molecule has 3 aromatic carbocycles. The summed E-state index contributed by atoms with van der Waals surface area (Å²) in [6.45, 7) is 2.82. The van der Waals surface area contributed by atoms with Gasteiger partial charge in [0.25, 0.3) is 5.91 Å². The van der Waals surface area contributed by atoms with E-state index in [1.54, 1.807) is 66.7 Å². The first-order valence-electron chi connectivity index (χ1n) is 9.89. The molecular weight excluding hydrogens is 408 g/mol. The molecule has 0 bridgehead atoms. The largest absolute Gasteiger partial charge is 0.444 e. The van der Waals surface area contributed by atoms with Crippen LogP contribution in [0.5, 0.6) is 0 Å². The van der Waals surface area contributed by atoms with Gasteiger partial charge in [-0.15, -0.1) is 0 Å². The van der Waals surface area contributed by atoms with Gasteiger partial charge in [-0.05, 0) is 43.3 Å². The molecule has 32 heavy (non-hydrogen) atoms. The zero-order valence-electron chi connectivity index (χ0n) is 17.6. The fraction of sp³-hybridized carbons (Fsp3) is 0.120.